The van der Waals surface area contributed by atoms with Crippen LogP contribution in [0.5, 0.6) is 5.88 Å². The molecule has 0 bridgehead atoms. The fourth-order valence-corrected chi connectivity index (χ4v) is 1.59. The van der Waals surface area contributed by atoms with E-state index < -0.39 is 6.10 Å². The molecule has 108 valence electrons. The highest BCUT2D eigenvalue weighted by atomic mass is 16.5. The summed E-state index contributed by atoms with van der Waals surface area (Å²) in [4.78, 5) is 4.06. The van der Waals surface area contributed by atoms with Crippen molar-refractivity contribution in [3.05, 3.63) is 42.5 Å². The summed E-state index contributed by atoms with van der Waals surface area (Å²) in [5.41, 5.74) is 0.816. The zero-order chi connectivity index (χ0) is 14.2. The molecule has 2 rings (SSSR count). The van der Waals surface area contributed by atoms with Crippen LogP contribution in [-0.2, 0) is 11.3 Å². The fraction of sp³-hybridized carbons (Fsp3) is 0.357. The Morgan fingerprint density at radius 2 is 2.30 bits per heavy atom. The van der Waals surface area contributed by atoms with Gasteiger partial charge < -0.3 is 24.3 Å². The predicted molar refractivity (Wildman–Crippen MR) is 73.6 cm³/mol. The van der Waals surface area contributed by atoms with Crippen LogP contribution in [0.4, 0.5) is 5.69 Å². The van der Waals surface area contributed by atoms with Crippen LogP contribution in [0.2, 0.25) is 0 Å². The lowest BCUT2D eigenvalue weighted by Gasteiger charge is -2.12. The molecule has 1 unspecified atom stereocenters. The van der Waals surface area contributed by atoms with Crippen molar-refractivity contribution in [1.29, 1.82) is 0 Å². The maximum Gasteiger partial charge on any atom is 0.213 e. The molecule has 6 nitrogen and oxygen atoms in total. The number of ether oxygens (including phenoxy) is 2. The topological polar surface area (TPSA) is 76.8 Å². The maximum absolute atomic E-state index is 9.78. The van der Waals surface area contributed by atoms with Gasteiger partial charge in [-0.1, -0.05) is 0 Å². The number of anilines is 1. The monoisotopic (exact) mass is 278 g/mol. The Hall–Kier alpha value is -2.05. The van der Waals surface area contributed by atoms with Crippen molar-refractivity contribution in [3.8, 4) is 5.88 Å². The quantitative estimate of drug-likeness (QED) is 0.765. The number of methoxy groups -OCH3 is 1. The minimum absolute atomic E-state index is 0.233. The molecule has 0 aliphatic rings. The van der Waals surface area contributed by atoms with E-state index in [1.54, 1.807) is 31.7 Å². The number of hydrogen-bond donors (Lipinski definition) is 2. The third-order valence-corrected chi connectivity index (χ3v) is 2.62. The molecule has 0 amide bonds. The second-order valence-electron chi connectivity index (χ2n) is 4.22. The molecule has 0 spiro atoms. The second-order valence-corrected chi connectivity index (χ2v) is 4.22. The molecule has 0 aromatic carbocycles. The number of hydrogen-bond acceptors (Lipinski definition) is 6. The highest BCUT2D eigenvalue weighted by Gasteiger charge is 2.05. The summed E-state index contributed by atoms with van der Waals surface area (Å²) < 4.78 is 15.4. The van der Waals surface area contributed by atoms with E-state index >= 15 is 0 Å². The lowest BCUT2D eigenvalue weighted by Crippen LogP contribution is -2.24. The molecule has 0 saturated heterocycles. The molecule has 2 aromatic heterocycles. The summed E-state index contributed by atoms with van der Waals surface area (Å²) >= 11 is 0. The average Bonchev–Trinajstić information content (AvgIpc) is 2.99. The molecule has 20 heavy (non-hydrogen) atoms. The number of aliphatic hydroxyl groups is 1. The minimum atomic E-state index is -0.605. The van der Waals surface area contributed by atoms with Crippen molar-refractivity contribution in [2.75, 3.05) is 25.6 Å². The second kappa shape index (κ2) is 7.52. The van der Waals surface area contributed by atoms with Crippen molar-refractivity contribution in [1.82, 2.24) is 4.98 Å². The van der Waals surface area contributed by atoms with Crippen LogP contribution in [-0.4, -0.2) is 36.5 Å². The maximum atomic E-state index is 9.78. The molecule has 2 aromatic rings. The predicted octanol–water partition coefficient (Wildman–Crippen LogP) is 1.67. The van der Waals surface area contributed by atoms with Gasteiger partial charge in [-0.25, -0.2) is 4.98 Å². The van der Waals surface area contributed by atoms with Crippen LogP contribution < -0.4 is 10.1 Å². The lowest BCUT2D eigenvalue weighted by atomic mass is 10.3. The van der Waals surface area contributed by atoms with Gasteiger partial charge in [0.25, 0.3) is 0 Å². The molecule has 0 saturated carbocycles. The number of nitrogens with one attached hydrogen (secondary N) is 1. The fourth-order valence-electron chi connectivity index (χ4n) is 1.59. The van der Waals surface area contributed by atoms with Crippen molar-refractivity contribution < 1.29 is 19.0 Å². The highest BCUT2D eigenvalue weighted by Crippen LogP contribution is 2.10. The smallest absolute Gasteiger partial charge is 0.213 e. The SMILES string of the molecule is COc1ccc(NCC(O)COCc2ccco2)cn1. The van der Waals surface area contributed by atoms with E-state index in [0.717, 1.165) is 11.4 Å². The number of nitrogens with zero attached hydrogens (tertiary/aromatic N) is 1. The average molecular weight is 278 g/mol. The molecule has 1 atom stereocenters. The summed E-state index contributed by atoms with van der Waals surface area (Å²) in [7, 11) is 1.57. The Morgan fingerprint density at radius 1 is 1.40 bits per heavy atom. The van der Waals surface area contributed by atoms with Crippen molar-refractivity contribution in [3.63, 3.8) is 0 Å². The molecule has 2 heterocycles. The van der Waals surface area contributed by atoms with E-state index in [0.29, 0.717) is 19.0 Å². The highest BCUT2D eigenvalue weighted by molar-refractivity contribution is 5.42. The number of aromatic nitrogens is 1. The van der Waals surface area contributed by atoms with E-state index in [9.17, 15) is 5.11 Å². The van der Waals surface area contributed by atoms with E-state index in [2.05, 4.69) is 10.3 Å². The number of aliphatic hydroxyl groups excluding tert-OH is 1. The summed E-state index contributed by atoms with van der Waals surface area (Å²) in [5.74, 6) is 1.29. The first-order valence-electron chi connectivity index (χ1n) is 6.30. The summed E-state index contributed by atoms with van der Waals surface area (Å²) in [6.45, 7) is 0.970. The van der Waals surface area contributed by atoms with Gasteiger partial charge in [-0.05, 0) is 18.2 Å². The third-order valence-electron chi connectivity index (χ3n) is 2.62. The molecule has 0 aliphatic carbocycles. The zero-order valence-electron chi connectivity index (χ0n) is 11.3. The van der Waals surface area contributed by atoms with Gasteiger partial charge in [-0.3, -0.25) is 0 Å². The van der Waals surface area contributed by atoms with Crippen molar-refractivity contribution >= 4 is 5.69 Å². The molecular formula is C14H18N2O4. The number of rotatable bonds is 8. The molecule has 0 aliphatic heterocycles. The minimum Gasteiger partial charge on any atom is -0.481 e. The standard InChI is InChI=1S/C14H18N2O4/c1-18-14-5-4-11(7-16-14)15-8-12(17)9-19-10-13-3-2-6-20-13/h2-7,12,15,17H,8-10H2,1H3. The van der Waals surface area contributed by atoms with E-state index in [1.165, 1.54) is 0 Å². The van der Waals surface area contributed by atoms with E-state index in [4.69, 9.17) is 13.9 Å². The van der Waals surface area contributed by atoms with Crippen LogP contribution >= 0.6 is 0 Å². The molecule has 0 radical (unpaired) electrons. The summed E-state index contributed by atoms with van der Waals surface area (Å²) in [6, 6.07) is 7.21. The molecule has 6 heteroatoms. The van der Waals surface area contributed by atoms with Crippen molar-refractivity contribution in [2.45, 2.75) is 12.7 Å². The number of furan rings is 1. The first-order valence-corrected chi connectivity index (χ1v) is 6.30. The van der Waals surface area contributed by atoms with Gasteiger partial charge >= 0.3 is 0 Å². The normalized spacial score (nSPS) is 12.1. The van der Waals surface area contributed by atoms with Gasteiger partial charge in [0, 0.05) is 12.6 Å². The zero-order valence-corrected chi connectivity index (χ0v) is 11.3. The van der Waals surface area contributed by atoms with Gasteiger partial charge in [-0.2, -0.15) is 0 Å². The third kappa shape index (κ3) is 4.56. The number of pyridine rings is 1. The lowest BCUT2D eigenvalue weighted by molar-refractivity contribution is 0.0282. The van der Waals surface area contributed by atoms with E-state index in [-0.39, 0.29) is 6.61 Å². The van der Waals surface area contributed by atoms with Gasteiger partial charge in [0.15, 0.2) is 0 Å². The van der Waals surface area contributed by atoms with Crippen LogP contribution in [0.25, 0.3) is 0 Å². The first kappa shape index (κ1) is 14.4. The largest absolute Gasteiger partial charge is 0.481 e. The molecule has 0 fully saturated rings. The Bertz CT molecular complexity index is 484. The van der Waals surface area contributed by atoms with Gasteiger partial charge in [-0.15, -0.1) is 0 Å². The van der Waals surface area contributed by atoms with Crippen LogP contribution in [0, 0.1) is 0 Å². The first-order chi connectivity index (χ1) is 9.78. The molecular weight excluding hydrogens is 260 g/mol. The van der Waals surface area contributed by atoms with Crippen LogP contribution in [0.1, 0.15) is 5.76 Å². The van der Waals surface area contributed by atoms with Crippen LogP contribution in [0.15, 0.2) is 41.1 Å². The summed E-state index contributed by atoms with van der Waals surface area (Å²) in [5, 5.41) is 12.8. The Morgan fingerprint density at radius 3 is 2.95 bits per heavy atom. The van der Waals surface area contributed by atoms with Gasteiger partial charge in [0.1, 0.15) is 12.4 Å². The van der Waals surface area contributed by atoms with E-state index in [1.807, 2.05) is 12.1 Å². The van der Waals surface area contributed by atoms with Gasteiger partial charge in [0.2, 0.25) is 5.88 Å². The van der Waals surface area contributed by atoms with Gasteiger partial charge in [0.05, 0.1) is 38.0 Å². The molecule has 2 N–H and O–H groups in total. The van der Waals surface area contributed by atoms with Crippen molar-refractivity contribution in [2.24, 2.45) is 0 Å². The Labute approximate surface area is 117 Å². The Kier molecular flexibility index (Phi) is 5.40. The Balaban J connectivity index is 1.65. The summed E-state index contributed by atoms with van der Waals surface area (Å²) in [6.07, 6.45) is 2.63. The van der Waals surface area contributed by atoms with Crippen LogP contribution in [0.3, 0.4) is 0 Å².